The van der Waals surface area contributed by atoms with E-state index in [2.05, 4.69) is 5.32 Å². The third kappa shape index (κ3) is 4.28. The van der Waals surface area contributed by atoms with E-state index in [1.54, 1.807) is 45.0 Å². The van der Waals surface area contributed by atoms with E-state index < -0.39 is 23.6 Å². The zero-order valence-corrected chi connectivity index (χ0v) is 16.7. The van der Waals surface area contributed by atoms with Crippen LogP contribution in [0.25, 0.3) is 0 Å². The van der Waals surface area contributed by atoms with Crippen LogP contribution in [0.2, 0.25) is 5.02 Å². The van der Waals surface area contributed by atoms with Crippen LogP contribution in [0.3, 0.4) is 0 Å². The topological polar surface area (TPSA) is 58.6 Å². The molecule has 0 saturated carbocycles. The molecule has 2 aromatic rings. The second kappa shape index (κ2) is 7.80. The Kier molecular flexibility index (Phi) is 5.61. The first-order valence-corrected chi connectivity index (χ1v) is 9.36. The number of anilines is 1. The van der Waals surface area contributed by atoms with Crippen LogP contribution in [0.15, 0.2) is 42.5 Å². The summed E-state index contributed by atoms with van der Waals surface area (Å²) in [5, 5.41) is 2.70. The fourth-order valence-electron chi connectivity index (χ4n) is 3.12. The third-order valence-corrected chi connectivity index (χ3v) is 4.65. The molecule has 0 fully saturated rings. The highest BCUT2D eigenvalue weighted by Gasteiger charge is 2.40. The van der Waals surface area contributed by atoms with Gasteiger partial charge >= 0.3 is 6.09 Å². The molecule has 1 aliphatic rings. The van der Waals surface area contributed by atoms with Crippen molar-refractivity contribution in [2.45, 2.75) is 45.4 Å². The first kappa shape index (κ1) is 20.1. The number of ether oxygens (including phenoxy) is 1. The molecule has 0 radical (unpaired) electrons. The molecule has 1 heterocycles. The molecule has 148 valence electrons. The molecule has 0 aliphatic carbocycles. The fourth-order valence-corrected chi connectivity index (χ4v) is 3.31. The van der Waals surface area contributed by atoms with Crippen LogP contribution in [0.5, 0.6) is 0 Å². The minimum Gasteiger partial charge on any atom is -0.443 e. The molecule has 0 spiro atoms. The largest absolute Gasteiger partial charge is 0.443 e. The van der Waals surface area contributed by atoms with E-state index in [1.165, 1.54) is 11.0 Å². The molecule has 5 nitrogen and oxygen atoms in total. The summed E-state index contributed by atoms with van der Waals surface area (Å²) in [5.41, 5.74) is 1.10. The van der Waals surface area contributed by atoms with E-state index in [4.69, 9.17) is 16.3 Å². The number of amides is 2. The number of nitrogens with zero attached hydrogens (tertiary/aromatic N) is 1. The molecule has 1 atom stereocenters. The molecule has 0 unspecified atom stereocenters. The van der Waals surface area contributed by atoms with Gasteiger partial charge in [0.15, 0.2) is 0 Å². The van der Waals surface area contributed by atoms with Crippen molar-refractivity contribution < 1.29 is 18.7 Å². The summed E-state index contributed by atoms with van der Waals surface area (Å²) < 4.78 is 19.6. The van der Waals surface area contributed by atoms with Crippen molar-refractivity contribution in [3.63, 3.8) is 0 Å². The maximum atomic E-state index is 14.1. The smallest absolute Gasteiger partial charge is 0.415 e. The highest BCUT2D eigenvalue weighted by Crippen LogP contribution is 2.33. The van der Waals surface area contributed by atoms with E-state index in [-0.39, 0.29) is 23.0 Å². The summed E-state index contributed by atoms with van der Waals surface area (Å²) in [6.07, 6.45) is -0.231. The Morgan fingerprint density at radius 2 is 1.93 bits per heavy atom. The van der Waals surface area contributed by atoms with E-state index in [0.717, 1.165) is 5.56 Å². The Labute approximate surface area is 168 Å². The molecule has 2 amide bonds. The number of carbonyl (C=O) groups excluding carboxylic acids is 2. The van der Waals surface area contributed by atoms with Crippen LogP contribution < -0.4 is 10.2 Å². The molecule has 0 bridgehead atoms. The average Bonchev–Trinajstić information content (AvgIpc) is 3.01. The molecule has 0 saturated heterocycles. The lowest BCUT2D eigenvalue weighted by Gasteiger charge is -2.28. The number of hydrogen-bond donors (Lipinski definition) is 1. The highest BCUT2D eigenvalue weighted by atomic mass is 35.5. The predicted molar refractivity (Wildman–Crippen MR) is 106 cm³/mol. The summed E-state index contributed by atoms with van der Waals surface area (Å²) in [6.45, 7) is 5.28. The molecular weight excluding hydrogens is 383 g/mol. The van der Waals surface area contributed by atoms with Gasteiger partial charge in [-0.05, 0) is 38.5 Å². The number of benzene rings is 2. The predicted octanol–water partition coefficient (Wildman–Crippen LogP) is 4.46. The van der Waals surface area contributed by atoms with Crippen LogP contribution in [0, 0.1) is 5.82 Å². The summed E-state index contributed by atoms with van der Waals surface area (Å²) >= 11 is 5.79. The highest BCUT2D eigenvalue weighted by molar-refractivity contribution is 6.30. The third-order valence-electron chi connectivity index (χ3n) is 4.35. The lowest BCUT2D eigenvalue weighted by molar-refractivity contribution is -0.122. The Morgan fingerprint density at radius 3 is 2.64 bits per heavy atom. The normalized spacial score (nSPS) is 15.9. The quantitative estimate of drug-likeness (QED) is 0.821. The number of carbonyl (C=O) groups is 2. The second-order valence-electron chi connectivity index (χ2n) is 7.63. The number of rotatable bonds is 3. The molecule has 2 aromatic carbocycles. The van der Waals surface area contributed by atoms with Crippen molar-refractivity contribution in [2.24, 2.45) is 0 Å². The van der Waals surface area contributed by atoms with E-state index >= 15 is 0 Å². The van der Waals surface area contributed by atoms with Gasteiger partial charge in [-0.3, -0.25) is 9.69 Å². The lowest BCUT2D eigenvalue weighted by atomic mass is 10.1. The Morgan fingerprint density at radius 1 is 1.21 bits per heavy atom. The Balaban J connectivity index is 1.80. The minimum atomic E-state index is -0.769. The van der Waals surface area contributed by atoms with Gasteiger partial charge in [-0.15, -0.1) is 0 Å². The SMILES string of the molecule is CC(C)(C)OC(=O)N1c2ccccc2C[C@H]1C(=O)NCc1cccc(Cl)c1F. The van der Waals surface area contributed by atoms with Crippen LogP contribution in [-0.4, -0.2) is 23.6 Å². The van der Waals surface area contributed by atoms with Crippen molar-refractivity contribution >= 4 is 29.3 Å². The molecule has 3 rings (SSSR count). The van der Waals surface area contributed by atoms with Gasteiger partial charge in [0.25, 0.3) is 0 Å². The number of halogens is 2. The number of fused-ring (bicyclic) bond motifs is 1. The van der Waals surface area contributed by atoms with E-state index in [0.29, 0.717) is 12.1 Å². The van der Waals surface area contributed by atoms with Gasteiger partial charge in [0.2, 0.25) is 5.91 Å². The Hall–Kier alpha value is -2.60. The summed E-state index contributed by atoms with van der Waals surface area (Å²) in [5.74, 6) is -0.954. The number of nitrogens with one attached hydrogen (secondary N) is 1. The minimum absolute atomic E-state index is 0.00426. The van der Waals surface area contributed by atoms with Crippen LogP contribution in [0.4, 0.5) is 14.9 Å². The maximum Gasteiger partial charge on any atom is 0.415 e. The summed E-state index contributed by atoms with van der Waals surface area (Å²) in [4.78, 5) is 27.0. The molecule has 28 heavy (non-hydrogen) atoms. The van der Waals surface area contributed by atoms with Gasteiger partial charge in [-0.1, -0.05) is 41.9 Å². The van der Waals surface area contributed by atoms with Crippen LogP contribution >= 0.6 is 11.6 Å². The molecule has 0 aromatic heterocycles. The first-order valence-electron chi connectivity index (χ1n) is 8.98. The first-order chi connectivity index (χ1) is 13.2. The zero-order chi connectivity index (χ0) is 20.5. The van der Waals surface area contributed by atoms with Gasteiger partial charge in [0.1, 0.15) is 17.5 Å². The Bertz CT molecular complexity index is 911. The molecule has 7 heteroatoms. The average molecular weight is 405 g/mol. The zero-order valence-electron chi connectivity index (χ0n) is 16.0. The van der Waals surface area contributed by atoms with Gasteiger partial charge in [-0.25, -0.2) is 9.18 Å². The van der Waals surface area contributed by atoms with Gasteiger partial charge < -0.3 is 10.1 Å². The van der Waals surface area contributed by atoms with Crippen molar-refractivity contribution in [1.29, 1.82) is 0 Å². The molecular formula is C21H22ClFN2O3. The monoisotopic (exact) mass is 404 g/mol. The van der Waals surface area contributed by atoms with Crippen molar-refractivity contribution in [1.82, 2.24) is 5.32 Å². The van der Waals surface area contributed by atoms with Crippen LogP contribution in [-0.2, 0) is 22.5 Å². The van der Waals surface area contributed by atoms with E-state index in [9.17, 15) is 14.0 Å². The van der Waals surface area contributed by atoms with Gasteiger partial charge in [-0.2, -0.15) is 0 Å². The van der Waals surface area contributed by atoms with Crippen molar-refractivity contribution in [3.8, 4) is 0 Å². The fraction of sp³-hybridized carbons (Fsp3) is 0.333. The molecule has 1 aliphatic heterocycles. The second-order valence-corrected chi connectivity index (χ2v) is 8.04. The van der Waals surface area contributed by atoms with Gasteiger partial charge in [0.05, 0.1) is 10.7 Å². The summed E-state index contributed by atoms with van der Waals surface area (Å²) in [6, 6.07) is 11.2. The number of para-hydroxylation sites is 1. The maximum absolute atomic E-state index is 14.1. The lowest BCUT2D eigenvalue weighted by Crippen LogP contribution is -2.49. The number of hydrogen-bond acceptors (Lipinski definition) is 3. The van der Waals surface area contributed by atoms with Crippen LogP contribution in [0.1, 0.15) is 31.9 Å². The van der Waals surface area contributed by atoms with Crippen molar-refractivity contribution in [3.05, 3.63) is 64.4 Å². The summed E-state index contributed by atoms with van der Waals surface area (Å²) in [7, 11) is 0. The molecule has 1 N–H and O–H groups in total. The van der Waals surface area contributed by atoms with Crippen molar-refractivity contribution in [2.75, 3.05) is 4.90 Å². The van der Waals surface area contributed by atoms with E-state index in [1.807, 2.05) is 12.1 Å². The standard InChI is InChI=1S/C21H22ClFN2O3/c1-21(2,3)28-20(27)25-16-10-5-4-7-13(16)11-17(25)19(26)24-12-14-8-6-9-15(22)18(14)23/h4-10,17H,11-12H2,1-3H3,(H,24,26)/t17-/m0/s1. The van der Waals surface area contributed by atoms with Gasteiger partial charge in [0, 0.05) is 18.5 Å².